The second kappa shape index (κ2) is 9.19. The van der Waals surface area contributed by atoms with Crippen LogP contribution < -0.4 is 4.74 Å². The molecule has 8 atom stereocenters. The monoisotopic (exact) mass is 478 g/mol. The Bertz CT molecular complexity index is 1010. The molecule has 5 aliphatic rings. The van der Waals surface area contributed by atoms with Crippen LogP contribution in [0.3, 0.4) is 0 Å². The first-order chi connectivity index (χ1) is 17.0. The lowest BCUT2D eigenvalue weighted by atomic mass is 9.56. The van der Waals surface area contributed by atoms with Gasteiger partial charge in [-0.05, 0) is 67.7 Å². The Morgan fingerprint density at radius 1 is 0.857 bits per heavy atom. The summed E-state index contributed by atoms with van der Waals surface area (Å²) in [4.78, 5) is 12.4. The maximum atomic E-state index is 6.69. The molecule has 2 aromatic carbocycles. The maximum Gasteiger partial charge on any atom is 0.161 e. The molecule has 3 aliphatic heterocycles. The molecule has 188 valence electrons. The summed E-state index contributed by atoms with van der Waals surface area (Å²) in [6.07, 6.45) is 5.24. The molecule has 5 heteroatoms. The van der Waals surface area contributed by atoms with Gasteiger partial charge < -0.3 is 14.2 Å². The van der Waals surface area contributed by atoms with E-state index in [9.17, 15) is 0 Å². The zero-order valence-electron chi connectivity index (χ0n) is 21.2. The Hall–Kier alpha value is -1.92. The first-order valence-corrected chi connectivity index (χ1v) is 13.4. The Morgan fingerprint density at radius 2 is 1.63 bits per heavy atom. The fourth-order valence-corrected chi connectivity index (χ4v) is 7.31. The van der Waals surface area contributed by atoms with Crippen LogP contribution in [0.25, 0.3) is 11.1 Å². The van der Waals surface area contributed by atoms with Crippen molar-refractivity contribution in [3.63, 3.8) is 0 Å². The van der Waals surface area contributed by atoms with Crippen molar-refractivity contribution in [2.75, 3.05) is 13.2 Å². The molecule has 5 fully saturated rings. The van der Waals surface area contributed by atoms with E-state index in [1.54, 1.807) is 0 Å². The number of ether oxygens (including phenoxy) is 3. The minimum atomic E-state index is -0.329. The van der Waals surface area contributed by atoms with E-state index in [0.29, 0.717) is 31.0 Å². The normalized spacial score (nSPS) is 40.1. The second-order valence-corrected chi connectivity index (χ2v) is 11.4. The highest BCUT2D eigenvalue weighted by atomic mass is 17.2. The Kier molecular flexibility index (Phi) is 6.16. The molecule has 2 saturated carbocycles. The second-order valence-electron chi connectivity index (χ2n) is 11.4. The van der Waals surface area contributed by atoms with Crippen molar-refractivity contribution < 1.29 is 24.0 Å². The van der Waals surface area contributed by atoms with Gasteiger partial charge in [-0.3, -0.25) is 0 Å². The molecule has 1 spiro atoms. The molecule has 5 nitrogen and oxygen atoms in total. The molecule has 2 bridgehead atoms. The average molecular weight is 479 g/mol. The molecular weight excluding hydrogens is 440 g/mol. The third kappa shape index (κ3) is 4.11. The lowest BCUT2D eigenvalue weighted by Gasteiger charge is -2.61. The molecule has 7 rings (SSSR count). The molecule has 0 unspecified atom stereocenters. The predicted molar refractivity (Wildman–Crippen MR) is 134 cm³/mol. The van der Waals surface area contributed by atoms with E-state index in [1.807, 2.05) is 18.2 Å². The van der Waals surface area contributed by atoms with Gasteiger partial charge in [-0.25, -0.2) is 9.78 Å². The Balaban J connectivity index is 1.08. The number of fused-ring (bicyclic) bond motifs is 2. The molecule has 3 saturated heterocycles. The van der Waals surface area contributed by atoms with Crippen molar-refractivity contribution in [2.45, 2.75) is 76.5 Å². The third-order valence-corrected chi connectivity index (χ3v) is 9.23. The molecule has 2 aliphatic carbocycles. The van der Waals surface area contributed by atoms with Gasteiger partial charge in [0.05, 0.1) is 12.7 Å². The van der Waals surface area contributed by atoms with Crippen LogP contribution in [0.4, 0.5) is 0 Å². The highest BCUT2D eigenvalue weighted by molar-refractivity contribution is 5.63. The van der Waals surface area contributed by atoms with Crippen LogP contribution >= 0.6 is 0 Å². The third-order valence-electron chi connectivity index (χ3n) is 9.23. The minimum absolute atomic E-state index is 0.0224. The van der Waals surface area contributed by atoms with E-state index in [1.165, 1.54) is 17.5 Å². The summed E-state index contributed by atoms with van der Waals surface area (Å²) < 4.78 is 19.0. The Labute approximate surface area is 209 Å². The first kappa shape index (κ1) is 23.5. The van der Waals surface area contributed by atoms with Crippen LogP contribution in [0, 0.1) is 23.7 Å². The van der Waals surface area contributed by atoms with Crippen LogP contribution in [-0.4, -0.2) is 36.8 Å². The molecule has 0 amide bonds. The molecule has 0 aromatic heterocycles. The quantitative estimate of drug-likeness (QED) is 0.354. The highest BCUT2D eigenvalue weighted by Gasteiger charge is 2.68. The zero-order chi connectivity index (χ0) is 24.0. The van der Waals surface area contributed by atoms with Crippen molar-refractivity contribution >= 4 is 0 Å². The van der Waals surface area contributed by atoms with Gasteiger partial charge in [0.25, 0.3) is 0 Å². The highest BCUT2D eigenvalue weighted by Crippen LogP contribution is 2.61. The van der Waals surface area contributed by atoms with E-state index in [0.717, 1.165) is 31.4 Å². The summed E-state index contributed by atoms with van der Waals surface area (Å²) in [7, 11) is 0. The minimum Gasteiger partial charge on any atom is -0.491 e. The smallest absolute Gasteiger partial charge is 0.161 e. The maximum absolute atomic E-state index is 6.69. The summed E-state index contributed by atoms with van der Waals surface area (Å²) in [6.45, 7) is 7.81. The number of rotatable bonds is 6. The summed E-state index contributed by atoms with van der Waals surface area (Å²) >= 11 is 0. The van der Waals surface area contributed by atoms with Gasteiger partial charge in [-0.1, -0.05) is 56.3 Å². The largest absolute Gasteiger partial charge is 0.491 e. The van der Waals surface area contributed by atoms with Gasteiger partial charge >= 0.3 is 0 Å². The van der Waals surface area contributed by atoms with Crippen LogP contribution in [-0.2, 0) is 19.2 Å². The van der Waals surface area contributed by atoms with Gasteiger partial charge in [-0.2, -0.15) is 0 Å². The summed E-state index contributed by atoms with van der Waals surface area (Å²) in [5.74, 6) is 2.61. The van der Waals surface area contributed by atoms with Crippen LogP contribution in [0.1, 0.15) is 52.9 Å². The van der Waals surface area contributed by atoms with E-state index in [2.05, 4.69) is 57.2 Å². The average Bonchev–Trinajstić information content (AvgIpc) is 3.11. The molecule has 35 heavy (non-hydrogen) atoms. The Morgan fingerprint density at radius 3 is 2.43 bits per heavy atom. The van der Waals surface area contributed by atoms with Gasteiger partial charge in [0.15, 0.2) is 6.29 Å². The SMILES string of the molecule is C[C@H]1[C@H](OCCOc2ccc(-c3ccccc3)cc2)O[C@H]2C[C@]3(C)CC[C@H]4[C@H](C)CC[C@@H]1[C@@]24OO3. The molecule has 0 N–H and O–H groups in total. The van der Waals surface area contributed by atoms with Crippen molar-refractivity contribution in [2.24, 2.45) is 23.7 Å². The molecule has 3 heterocycles. The van der Waals surface area contributed by atoms with E-state index < -0.39 is 0 Å². The fraction of sp³-hybridized carbons (Fsp3) is 0.600. The zero-order valence-corrected chi connectivity index (χ0v) is 21.2. The van der Waals surface area contributed by atoms with Crippen LogP contribution in [0.2, 0.25) is 0 Å². The lowest BCUT2D eigenvalue weighted by molar-refractivity contribution is -0.495. The molecular formula is C30H38O5. The lowest BCUT2D eigenvalue weighted by Crippen LogP contribution is -2.69. The fourth-order valence-electron chi connectivity index (χ4n) is 7.31. The van der Waals surface area contributed by atoms with Gasteiger partial charge in [0.1, 0.15) is 23.6 Å². The van der Waals surface area contributed by atoms with Gasteiger partial charge in [-0.15, -0.1) is 0 Å². The van der Waals surface area contributed by atoms with Crippen molar-refractivity contribution in [1.82, 2.24) is 0 Å². The van der Waals surface area contributed by atoms with Crippen LogP contribution in [0.5, 0.6) is 5.75 Å². The standard InChI is InChI=1S/C30H38O5/c1-20-9-14-26-21(2)28(33-27-19-29(3)16-15-25(20)30(26,27)35-34-29)32-18-17-31-24-12-10-23(11-13-24)22-7-5-4-6-8-22/h4-8,10-13,20-21,25-28H,9,14-19H2,1-3H3/t20-,21-,25+,26+,27+,28-,29+,30-/m1/s1. The van der Waals surface area contributed by atoms with Crippen molar-refractivity contribution in [3.8, 4) is 16.9 Å². The van der Waals surface area contributed by atoms with Gasteiger partial charge in [0.2, 0.25) is 0 Å². The molecule has 0 radical (unpaired) electrons. The number of hydrogen-bond acceptors (Lipinski definition) is 5. The van der Waals surface area contributed by atoms with Gasteiger partial charge in [0, 0.05) is 18.3 Å². The predicted octanol–water partition coefficient (Wildman–Crippen LogP) is 6.42. The summed E-state index contributed by atoms with van der Waals surface area (Å²) in [5, 5.41) is 0. The number of benzene rings is 2. The van der Waals surface area contributed by atoms with E-state index >= 15 is 0 Å². The number of hydrogen-bond donors (Lipinski definition) is 0. The van der Waals surface area contributed by atoms with Crippen LogP contribution in [0.15, 0.2) is 54.6 Å². The first-order valence-electron chi connectivity index (χ1n) is 13.4. The summed E-state index contributed by atoms with van der Waals surface area (Å²) in [5.41, 5.74) is 1.80. The van der Waals surface area contributed by atoms with Crippen molar-refractivity contribution in [1.29, 1.82) is 0 Å². The van der Waals surface area contributed by atoms with E-state index in [4.69, 9.17) is 24.0 Å². The molecule has 2 aromatic rings. The topological polar surface area (TPSA) is 46.2 Å². The van der Waals surface area contributed by atoms with Crippen molar-refractivity contribution in [3.05, 3.63) is 54.6 Å². The van der Waals surface area contributed by atoms with E-state index in [-0.39, 0.29) is 29.5 Å². The summed E-state index contributed by atoms with van der Waals surface area (Å²) in [6, 6.07) is 18.6.